The minimum atomic E-state index is -0.0563. The first-order valence-electron chi connectivity index (χ1n) is 7.43. The van der Waals surface area contributed by atoms with Gasteiger partial charge in [-0.15, -0.1) is 0 Å². The lowest BCUT2D eigenvalue weighted by molar-refractivity contribution is 0.414. The van der Waals surface area contributed by atoms with E-state index >= 15 is 0 Å². The first-order chi connectivity index (χ1) is 11.1. The Labute approximate surface area is 143 Å². The van der Waals surface area contributed by atoms with Crippen LogP contribution in [-0.2, 0) is 13.6 Å². The van der Waals surface area contributed by atoms with E-state index in [0.717, 1.165) is 21.2 Å². The van der Waals surface area contributed by atoms with Crippen molar-refractivity contribution in [2.45, 2.75) is 20.4 Å². The highest BCUT2D eigenvalue weighted by atomic mass is 79.9. The zero-order valence-electron chi connectivity index (χ0n) is 13.7. The maximum absolute atomic E-state index is 12.3. The maximum atomic E-state index is 12.3. The van der Waals surface area contributed by atoms with Crippen LogP contribution in [0.25, 0.3) is 10.9 Å². The van der Waals surface area contributed by atoms with Gasteiger partial charge in [0.25, 0.3) is 5.56 Å². The summed E-state index contributed by atoms with van der Waals surface area (Å²) in [5, 5.41) is 5.16. The van der Waals surface area contributed by atoms with Crippen molar-refractivity contribution in [2.24, 2.45) is 7.05 Å². The van der Waals surface area contributed by atoms with Crippen LogP contribution in [0.3, 0.4) is 0 Å². The van der Waals surface area contributed by atoms with E-state index in [1.807, 2.05) is 38.1 Å². The molecular weight excluding hydrogens is 358 g/mol. The van der Waals surface area contributed by atoms with Gasteiger partial charge >= 0.3 is 0 Å². The summed E-state index contributed by atoms with van der Waals surface area (Å²) in [4.78, 5) is 12.3. The summed E-state index contributed by atoms with van der Waals surface area (Å²) in [5.74, 6) is 0.808. The molecule has 0 saturated carbocycles. The highest BCUT2D eigenvalue weighted by molar-refractivity contribution is 9.10. The van der Waals surface area contributed by atoms with Crippen molar-refractivity contribution >= 4 is 26.8 Å². The fourth-order valence-corrected chi connectivity index (χ4v) is 2.87. The number of benzene rings is 1. The molecule has 3 rings (SSSR count). The third kappa shape index (κ3) is 3.47. The summed E-state index contributed by atoms with van der Waals surface area (Å²) in [6.45, 7) is 4.54. The predicted molar refractivity (Wildman–Crippen MR) is 96.1 cm³/mol. The summed E-state index contributed by atoms with van der Waals surface area (Å²) < 4.78 is 9.29. The molecule has 0 atom stereocenters. The molecule has 0 saturated heterocycles. The molecular formula is C17H20BrN3O2. The molecule has 23 heavy (non-hydrogen) atoms. The minimum absolute atomic E-state index is 0.0563. The van der Waals surface area contributed by atoms with E-state index in [1.54, 1.807) is 35.8 Å². The quantitative estimate of drug-likeness (QED) is 0.700. The summed E-state index contributed by atoms with van der Waals surface area (Å²) in [5.41, 5.74) is 1.60. The molecule has 0 aliphatic carbocycles. The lowest BCUT2D eigenvalue weighted by Crippen LogP contribution is -2.19. The number of halogens is 1. The predicted octanol–water partition coefficient (Wildman–Crippen LogP) is 3.58. The van der Waals surface area contributed by atoms with Gasteiger partial charge in [0.2, 0.25) is 0 Å². The van der Waals surface area contributed by atoms with E-state index in [0.29, 0.717) is 12.1 Å². The Morgan fingerprint density at radius 1 is 1.22 bits per heavy atom. The molecule has 2 aromatic heterocycles. The maximum Gasteiger partial charge on any atom is 0.276 e. The van der Waals surface area contributed by atoms with Crippen molar-refractivity contribution in [3.8, 4) is 5.75 Å². The summed E-state index contributed by atoms with van der Waals surface area (Å²) in [7, 11) is 3.37. The second-order valence-electron chi connectivity index (χ2n) is 4.81. The summed E-state index contributed by atoms with van der Waals surface area (Å²) in [6, 6.07) is 7.73. The van der Waals surface area contributed by atoms with Crippen LogP contribution in [0.1, 0.15) is 19.4 Å². The molecule has 5 nitrogen and oxygen atoms in total. The van der Waals surface area contributed by atoms with E-state index in [4.69, 9.17) is 4.74 Å². The van der Waals surface area contributed by atoms with Gasteiger partial charge in [0.15, 0.2) is 0 Å². The van der Waals surface area contributed by atoms with Crippen LogP contribution in [-0.4, -0.2) is 21.5 Å². The van der Waals surface area contributed by atoms with E-state index in [9.17, 15) is 4.79 Å². The molecule has 0 N–H and O–H groups in total. The van der Waals surface area contributed by atoms with Gasteiger partial charge in [-0.1, -0.05) is 26.0 Å². The van der Waals surface area contributed by atoms with Crippen molar-refractivity contribution in [3.63, 3.8) is 0 Å². The molecule has 2 heterocycles. The number of fused-ring (bicyclic) bond motifs is 1. The van der Waals surface area contributed by atoms with Crippen molar-refractivity contribution < 1.29 is 4.74 Å². The molecule has 0 unspecified atom stereocenters. The zero-order chi connectivity index (χ0) is 17.0. The molecule has 6 heteroatoms. The number of pyridine rings is 1. The lowest BCUT2D eigenvalue weighted by atomic mass is 10.2. The van der Waals surface area contributed by atoms with Crippen molar-refractivity contribution in [1.82, 2.24) is 14.3 Å². The first-order valence-corrected chi connectivity index (χ1v) is 8.23. The Bertz CT molecular complexity index is 851. The number of hydrogen-bond acceptors (Lipinski definition) is 3. The Balaban J connectivity index is 0.000000924. The Morgan fingerprint density at radius 3 is 2.48 bits per heavy atom. The highest BCUT2D eigenvalue weighted by Gasteiger charge is 2.12. The van der Waals surface area contributed by atoms with Crippen LogP contribution in [0.15, 0.2) is 45.9 Å². The highest BCUT2D eigenvalue weighted by Crippen LogP contribution is 2.21. The van der Waals surface area contributed by atoms with Crippen LogP contribution < -0.4 is 10.3 Å². The topological polar surface area (TPSA) is 49.0 Å². The van der Waals surface area contributed by atoms with Gasteiger partial charge in [0, 0.05) is 23.1 Å². The van der Waals surface area contributed by atoms with Gasteiger partial charge < -0.3 is 9.30 Å². The van der Waals surface area contributed by atoms with E-state index in [1.165, 1.54) is 0 Å². The first kappa shape index (κ1) is 17.3. The van der Waals surface area contributed by atoms with Gasteiger partial charge in [-0.25, -0.2) is 0 Å². The van der Waals surface area contributed by atoms with Gasteiger partial charge in [0.05, 0.1) is 19.9 Å². The monoisotopic (exact) mass is 377 g/mol. The molecule has 3 aromatic rings. The molecule has 0 amide bonds. The average Bonchev–Trinajstić information content (AvgIpc) is 3.00. The van der Waals surface area contributed by atoms with Crippen molar-refractivity contribution in [3.05, 3.63) is 57.0 Å². The fraction of sp³-hybridized carbons (Fsp3) is 0.294. The Kier molecular flexibility index (Phi) is 5.60. The van der Waals surface area contributed by atoms with Gasteiger partial charge in [-0.2, -0.15) is 5.10 Å². The van der Waals surface area contributed by atoms with Crippen molar-refractivity contribution in [2.75, 3.05) is 7.11 Å². The van der Waals surface area contributed by atoms with Crippen LogP contribution in [0.4, 0.5) is 0 Å². The van der Waals surface area contributed by atoms with E-state index in [-0.39, 0.29) is 5.56 Å². The van der Waals surface area contributed by atoms with Gasteiger partial charge in [-0.3, -0.25) is 9.48 Å². The minimum Gasteiger partial charge on any atom is -0.497 e. The van der Waals surface area contributed by atoms with E-state index < -0.39 is 0 Å². The largest absolute Gasteiger partial charge is 0.497 e. The molecule has 1 aromatic carbocycles. The zero-order valence-corrected chi connectivity index (χ0v) is 15.3. The van der Waals surface area contributed by atoms with Gasteiger partial charge in [0.1, 0.15) is 11.3 Å². The second kappa shape index (κ2) is 7.46. The number of rotatable bonds is 3. The third-order valence-electron chi connectivity index (χ3n) is 3.42. The summed E-state index contributed by atoms with van der Waals surface area (Å²) in [6.07, 6.45) is 3.47. The van der Waals surface area contributed by atoms with Crippen LogP contribution in [0, 0.1) is 0 Å². The van der Waals surface area contributed by atoms with E-state index in [2.05, 4.69) is 21.0 Å². The Morgan fingerprint density at radius 2 is 1.87 bits per heavy atom. The molecule has 0 aliphatic heterocycles. The number of aryl methyl sites for hydroxylation is 1. The summed E-state index contributed by atoms with van der Waals surface area (Å²) >= 11 is 3.47. The van der Waals surface area contributed by atoms with Crippen LogP contribution in [0.5, 0.6) is 5.75 Å². The third-order valence-corrected chi connectivity index (χ3v) is 4.05. The normalized spacial score (nSPS) is 10.3. The van der Waals surface area contributed by atoms with Gasteiger partial charge in [-0.05, 0) is 33.6 Å². The van der Waals surface area contributed by atoms with Crippen molar-refractivity contribution in [1.29, 1.82) is 0 Å². The number of ether oxygens (including phenoxy) is 1. The smallest absolute Gasteiger partial charge is 0.276 e. The number of nitrogens with zero attached hydrogens (tertiary/aromatic N) is 3. The molecule has 0 bridgehead atoms. The standard InChI is InChI=1S/C15H14BrN3O2.C2H6/c1-18-9-13(16)12-7-17-19(14(12)15(18)20)8-10-3-5-11(21-2)6-4-10;1-2/h3-7,9H,8H2,1-2H3;1-2H3. The molecule has 0 fully saturated rings. The average molecular weight is 378 g/mol. The number of hydrogen-bond donors (Lipinski definition) is 0. The number of aromatic nitrogens is 3. The molecule has 0 spiro atoms. The van der Waals surface area contributed by atoms with Crippen LogP contribution >= 0.6 is 15.9 Å². The lowest BCUT2D eigenvalue weighted by Gasteiger charge is -2.06. The molecule has 0 aliphatic rings. The number of methoxy groups -OCH3 is 1. The second-order valence-corrected chi connectivity index (χ2v) is 5.66. The molecule has 122 valence electrons. The Hall–Kier alpha value is -2.08. The SMILES string of the molecule is CC.COc1ccc(Cn2ncc3c(Br)cn(C)c(=O)c32)cc1. The fourth-order valence-electron chi connectivity index (χ4n) is 2.27. The molecule has 0 radical (unpaired) electrons. The van der Waals surface area contributed by atoms with Crippen LogP contribution in [0.2, 0.25) is 0 Å².